The molecule has 0 spiro atoms. The lowest BCUT2D eigenvalue weighted by Crippen LogP contribution is -1.98. The van der Waals surface area contributed by atoms with E-state index in [2.05, 4.69) is 0 Å². The Kier molecular flexibility index (Phi) is 6.18. The molecule has 1 fully saturated rings. The molecule has 0 bridgehead atoms. The topological polar surface area (TPSA) is 46.5 Å². The third kappa shape index (κ3) is 5.12. The molecule has 0 saturated heterocycles. The van der Waals surface area contributed by atoms with E-state index < -0.39 is 5.97 Å². The van der Waals surface area contributed by atoms with Gasteiger partial charge in [-0.15, -0.1) is 0 Å². The number of rotatable bonds is 7. The normalized spacial score (nSPS) is 15.7. The molecule has 0 atom stereocenters. The van der Waals surface area contributed by atoms with E-state index in [4.69, 9.17) is 9.84 Å². The van der Waals surface area contributed by atoms with E-state index in [0.717, 1.165) is 28.5 Å². The minimum atomic E-state index is -0.921. The number of benzene rings is 1. The highest BCUT2D eigenvalue weighted by Crippen LogP contribution is 2.30. The molecule has 0 radical (unpaired) electrons. The van der Waals surface area contributed by atoms with Gasteiger partial charge in [0.2, 0.25) is 0 Å². The Morgan fingerprint density at radius 2 is 2.19 bits per heavy atom. The second kappa shape index (κ2) is 8.13. The van der Waals surface area contributed by atoms with E-state index in [1.807, 2.05) is 30.0 Å². The first kappa shape index (κ1) is 16.0. The SMILES string of the molecule is COc1ccc(C=CC(=O)O)c(CSCC2CCCC2)c1. The molecular weight excluding hydrogens is 284 g/mol. The van der Waals surface area contributed by atoms with Gasteiger partial charge in [0.25, 0.3) is 0 Å². The molecule has 1 aromatic rings. The highest BCUT2D eigenvalue weighted by Gasteiger charge is 2.15. The minimum Gasteiger partial charge on any atom is -0.497 e. The van der Waals surface area contributed by atoms with Crippen LogP contribution in [0.3, 0.4) is 0 Å². The third-order valence-corrected chi connectivity index (χ3v) is 5.06. The largest absolute Gasteiger partial charge is 0.497 e. The highest BCUT2D eigenvalue weighted by molar-refractivity contribution is 7.98. The Labute approximate surface area is 130 Å². The van der Waals surface area contributed by atoms with Crippen molar-refractivity contribution in [2.24, 2.45) is 5.92 Å². The minimum absolute atomic E-state index is 0.818. The quantitative estimate of drug-likeness (QED) is 0.766. The van der Waals surface area contributed by atoms with Crippen molar-refractivity contribution in [3.05, 3.63) is 35.4 Å². The summed E-state index contributed by atoms with van der Waals surface area (Å²) in [6.07, 6.45) is 8.31. The standard InChI is InChI=1S/C17H22O3S/c1-20-16-8-6-14(7-9-17(18)19)15(10-16)12-21-11-13-4-2-3-5-13/h6-10,13H,2-5,11-12H2,1H3,(H,18,19). The van der Waals surface area contributed by atoms with Gasteiger partial charge in [0.15, 0.2) is 0 Å². The smallest absolute Gasteiger partial charge is 0.328 e. The summed E-state index contributed by atoms with van der Waals surface area (Å²) in [5, 5.41) is 8.77. The molecule has 21 heavy (non-hydrogen) atoms. The Bertz CT molecular complexity index is 505. The van der Waals surface area contributed by atoms with Crippen molar-refractivity contribution >= 4 is 23.8 Å². The van der Waals surface area contributed by atoms with Gasteiger partial charge in [-0.25, -0.2) is 4.79 Å². The zero-order valence-corrected chi connectivity index (χ0v) is 13.2. The Morgan fingerprint density at radius 1 is 1.43 bits per heavy atom. The lowest BCUT2D eigenvalue weighted by atomic mass is 10.1. The van der Waals surface area contributed by atoms with E-state index in [1.165, 1.54) is 37.5 Å². The van der Waals surface area contributed by atoms with Crippen LogP contribution in [-0.4, -0.2) is 23.9 Å². The summed E-state index contributed by atoms with van der Waals surface area (Å²) >= 11 is 1.93. The highest BCUT2D eigenvalue weighted by atomic mass is 32.2. The fourth-order valence-corrected chi connectivity index (χ4v) is 3.92. The van der Waals surface area contributed by atoms with Gasteiger partial charge in [0, 0.05) is 11.8 Å². The van der Waals surface area contributed by atoms with Crippen LogP contribution in [0.2, 0.25) is 0 Å². The van der Waals surface area contributed by atoms with E-state index in [-0.39, 0.29) is 0 Å². The van der Waals surface area contributed by atoms with Crippen LogP contribution in [0, 0.1) is 5.92 Å². The fraction of sp³-hybridized carbons (Fsp3) is 0.471. The Hall–Kier alpha value is -1.42. The summed E-state index contributed by atoms with van der Waals surface area (Å²) in [4.78, 5) is 10.7. The zero-order chi connectivity index (χ0) is 15.1. The van der Waals surface area contributed by atoms with E-state index in [1.54, 1.807) is 13.2 Å². The summed E-state index contributed by atoms with van der Waals surface area (Å²) in [6.45, 7) is 0. The summed E-state index contributed by atoms with van der Waals surface area (Å²) in [6, 6.07) is 5.79. The van der Waals surface area contributed by atoms with E-state index in [9.17, 15) is 4.79 Å². The molecule has 2 rings (SSSR count). The van der Waals surface area contributed by atoms with Crippen molar-refractivity contribution in [2.45, 2.75) is 31.4 Å². The first-order chi connectivity index (χ1) is 10.2. The Balaban J connectivity index is 2.01. The maximum atomic E-state index is 10.7. The average Bonchev–Trinajstić information content (AvgIpc) is 2.99. The number of carboxylic acid groups (broad SMARTS) is 1. The Morgan fingerprint density at radius 3 is 2.86 bits per heavy atom. The van der Waals surface area contributed by atoms with Gasteiger partial charge in [-0.05, 0) is 53.8 Å². The van der Waals surface area contributed by atoms with Crippen molar-refractivity contribution < 1.29 is 14.6 Å². The maximum Gasteiger partial charge on any atom is 0.328 e. The molecule has 1 saturated carbocycles. The van der Waals surface area contributed by atoms with Crippen molar-refractivity contribution in [3.63, 3.8) is 0 Å². The van der Waals surface area contributed by atoms with Crippen LogP contribution in [0.15, 0.2) is 24.3 Å². The van der Waals surface area contributed by atoms with Gasteiger partial charge in [0.05, 0.1) is 7.11 Å². The monoisotopic (exact) mass is 306 g/mol. The van der Waals surface area contributed by atoms with Crippen LogP contribution in [-0.2, 0) is 10.5 Å². The van der Waals surface area contributed by atoms with Crippen molar-refractivity contribution in [3.8, 4) is 5.75 Å². The molecule has 0 aromatic heterocycles. The van der Waals surface area contributed by atoms with Crippen molar-refractivity contribution in [1.29, 1.82) is 0 Å². The van der Waals surface area contributed by atoms with Gasteiger partial charge in [0.1, 0.15) is 5.75 Å². The summed E-state index contributed by atoms with van der Waals surface area (Å²) < 4.78 is 5.27. The summed E-state index contributed by atoms with van der Waals surface area (Å²) in [5.74, 6) is 2.85. The van der Waals surface area contributed by atoms with Crippen molar-refractivity contribution in [2.75, 3.05) is 12.9 Å². The number of hydrogen-bond donors (Lipinski definition) is 1. The molecule has 1 N–H and O–H groups in total. The second-order valence-electron chi connectivity index (χ2n) is 5.40. The molecule has 0 amide bonds. The molecule has 1 aliphatic carbocycles. The van der Waals surface area contributed by atoms with Gasteiger partial charge in [-0.1, -0.05) is 18.9 Å². The molecule has 0 unspecified atom stereocenters. The number of ether oxygens (including phenoxy) is 1. The van der Waals surface area contributed by atoms with Gasteiger partial charge in [-0.3, -0.25) is 0 Å². The van der Waals surface area contributed by atoms with Crippen molar-refractivity contribution in [1.82, 2.24) is 0 Å². The molecule has 1 aliphatic rings. The van der Waals surface area contributed by atoms with Crippen LogP contribution in [0.4, 0.5) is 0 Å². The van der Waals surface area contributed by atoms with E-state index in [0.29, 0.717) is 0 Å². The molecule has 3 nitrogen and oxygen atoms in total. The van der Waals surface area contributed by atoms with Crippen LogP contribution in [0.5, 0.6) is 5.75 Å². The molecular formula is C17H22O3S. The zero-order valence-electron chi connectivity index (χ0n) is 12.4. The number of carboxylic acids is 1. The first-order valence-electron chi connectivity index (χ1n) is 7.34. The fourth-order valence-electron chi connectivity index (χ4n) is 2.67. The summed E-state index contributed by atoms with van der Waals surface area (Å²) in [7, 11) is 1.65. The van der Waals surface area contributed by atoms with E-state index >= 15 is 0 Å². The predicted octanol–water partition coefficient (Wildman–Crippen LogP) is 4.22. The predicted molar refractivity (Wildman–Crippen MR) is 87.8 cm³/mol. The third-order valence-electron chi connectivity index (χ3n) is 3.84. The lowest BCUT2D eigenvalue weighted by molar-refractivity contribution is -0.131. The van der Waals surface area contributed by atoms with Gasteiger partial charge in [-0.2, -0.15) is 11.8 Å². The molecule has 1 aromatic carbocycles. The molecule has 0 aliphatic heterocycles. The molecule has 4 heteroatoms. The molecule has 0 heterocycles. The van der Waals surface area contributed by atoms with Crippen LogP contribution in [0.25, 0.3) is 6.08 Å². The number of methoxy groups -OCH3 is 1. The first-order valence-corrected chi connectivity index (χ1v) is 8.50. The van der Waals surface area contributed by atoms with Crippen LogP contribution < -0.4 is 4.74 Å². The second-order valence-corrected chi connectivity index (χ2v) is 6.43. The maximum absolute atomic E-state index is 10.7. The number of carbonyl (C=O) groups is 1. The van der Waals surface area contributed by atoms with Crippen LogP contribution >= 0.6 is 11.8 Å². The van der Waals surface area contributed by atoms with Gasteiger partial charge >= 0.3 is 5.97 Å². The number of aliphatic carboxylic acids is 1. The number of thioether (sulfide) groups is 1. The summed E-state index contributed by atoms with van der Waals surface area (Å²) in [5.41, 5.74) is 2.09. The molecule has 114 valence electrons. The van der Waals surface area contributed by atoms with Crippen LogP contribution in [0.1, 0.15) is 36.8 Å². The average molecular weight is 306 g/mol. The van der Waals surface area contributed by atoms with Gasteiger partial charge < -0.3 is 9.84 Å². The lowest BCUT2D eigenvalue weighted by Gasteiger charge is -2.11. The number of hydrogen-bond acceptors (Lipinski definition) is 3.